The second-order valence-electron chi connectivity index (χ2n) is 22.4. The Kier molecular flexibility index (Phi) is 12.7. The molecule has 0 N–H and O–H groups in total. The molecule has 15 rings (SSSR count). The summed E-state index contributed by atoms with van der Waals surface area (Å²) in [4.78, 5) is 5.11. The molecule has 13 aromatic carbocycles. The van der Waals surface area contributed by atoms with E-state index in [4.69, 9.17) is 0 Å². The van der Waals surface area contributed by atoms with Crippen molar-refractivity contribution < 1.29 is 0 Å². The summed E-state index contributed by atoms with van der Waals surface area (Å²) < 4.78 is 0. The van der Waals surface area contributed by atoms with E-state index in [9.17, 15) is 0 Å². The van der Waals surface area contributed by atoms with Crippen LogP contribution in [0.15, 0.2) is 340 Å². The molecule has 0 unspecified atom stereocenters. The molecule has 2 aliphatic heterocycles. The van der Waals surface area contributed by atoms with Crippen LogP contribution in [0.3, 0.4) is 0 Å². The SMILES string of the molecule is Cc1cc2c3c(c1)N(c1ccc(C(c4ccccc4)(c4ccccc4)c4ccccc4)cc1)c1cc(-c4ccccc4)ccc1B3c1ccc(-c3ccccc3)cc1N2c1ccc(C(c2ccccc2)(c2ccccc2)c2ccccc2)cc1. The van der Waals surface area contributed by atoms with Crippen molar-refractivity contribution in [1.29, 1.82) is 0 Å². The Morgan fingerprint density at radius 3 is 0.786 bits per heavy atom. The number of aryl methyl sites for hydroxylation is 1. The summed E-state index contributed by atoms with van der Waals surface area (Å²) in [5.74, 6) is 0. The standard InChI is InChI=1S/C81H59BN2/c1-58-54-77-79-78(55-58)84(72-50-46-70(47-51-72)81(66-36-20-7-21-37-66,67-38-22-8-23-39-67)68-40-24-9-25-41-68)76-57-62(60-28-12-3-13-29-60)43-53-74(76)82(79)73-52-42-61(59-26-10-2-11-27-59)56-75(73)83(77)71-48-44-69(45-49-71)80(63-30-14-4-15-31-63,64-32-16-5-17-33-64)65-34-18-6-19-35-65/h2-57H,1H3. The molecule has 2 nitrogen and oxygen atoms in total. The van der Waals surface area contributed by atoms with Crippen molar-refractivity contribution in [2.45, 2.75) is 17.8 Å². The highest BCUT2D eigenvalue weighted by atomic mass is 15.2. The van der Waals surface area contributed by atoms with Crippen LogP contribution in [0.4, 0.5) is 34.1 Å². The molecule has 0 fully saturated rings. The van der Waals surface area contributed by atoms with Gasteiger partial charge in [-0.1, -0.05) is 291 Å². The zero-order chi connectivity index (χ0) is 56.0. The van der Waals surface area contributed by atoms with Crippen molar-refractivity contribution in [3.63, 3.8) is 0 Å². The summed E-state index contributed by atoms with van der Waals surface area (Å²) >= 11 is 0. The number of nitrogens with zero attached hydrogens (tertiary/aromatic N) is 2. The first-order valence-corrected chi connectivity index (χ1v) is 29.3. The smallest absolute Gasteiger partial charge is 0.252 e. The van der Waals surface area contributed by atoms with Crippen LogP contribution in [-0.4, -0.2) is 6.71 Å². The molecular formula is C81H59BN2. The number of benzene rings is 13. The molecular weight excluding hydrogens is 1010 g/mol. The van der Waals surface area contributed by atoms with Gasteiger partial charge in [-0.05, 0) is 144 Å². The largest absolute Gasteiger partial charge is 0.311 e. The molecule has 0 atom stereocenters. The fourth-order valence-electron chi connectivity index (χ4n) is 14.2. The van der Waals surface area contributed by atoms with Gasteiger partial charge in [-0.3, -0.25) is 0 Å². The minimum absolute atomic E-state index is 0.0647. The first-order chi connectivity index (χ1) is 41.6. The zero-order valence-electron chi connectivity index (χ0n) is 46.8. The molecule has 0 radical (unpaired) electrons. The Morgan fingerprint density at radius 2 is 0.500 bits per heavy atom. The number of rotatable bonds is 12. The molecule has 0 spiro atoms. The third-order valence-corrected chi connectivity index (χ3v) is 17.8. The highest BCUT2D eigenvalue weighted by Crippen LogP contribution is 2.51. The number of anilines is 6. The van der Waals surface area contributed by atoms with Crippen molar-refractivity contribution in [2.75, 3.05) is 9.80 Å². The van der Waals surface area contributed by atoms with E-state index in [1.807, 2.05) is 0 Å². The van der Waals surface area contributed by atoms with Crippen LogP contribution in [0.25, 0.3) is 22.3 Å². The lowest BCUT2D eigenvalue weighted by Crippen LogP contribution is -2.61. The lowest BCUT2D eigenvalue weighted by atomic mass is 9.33. The van der Waals surface area contributed by atoms with Gasteiger partial charge in [0.15, 0.2) is 0 Å². The molecule has 0 aromatic heterocycles. The van der Waals surface area contributed by atoms with E-state index in [0.717, 1.165) is 11.4 Å². The van der Waals surface area contributed by atoms with Crippen molar-refractivity contribution >= 4 is 57.2 Å². The normalized spacial score (nSPS) is 12.5. The van der Waals surface area contributed by atoms with E-state index in [2.05, 4.69) is 356 Å². The van der Waals surface area contributed by atoms with Gasteiger partial charge in [0.2, 0.25) is 0 Å². The first kappa shape index (κ1) is 50.5. The Balaban J connectivity index is 0.958. The number of fused-ring (bicyclic) bond motifs is 4. The lowest BCUT2D eigenvalue weighted by Gasteiger charge is -2.45. The van der Waals surface area contributed by atoms with Crippen molar-refractivity contribution in [1.82, 2.24) is 0 Å². The maximum atomic E-state index is 2.56. The quantitative estimate of drug-likeness (QED) is 0.0889. The van der Waals surface area contributed by atoms with E-state index in [-0.39, 0.29) is 6.71 Å². The van der Waals surface area contributed by atoms with Gasteiger partial charge in [-0.25, -0.2) is 0 Å². The van der Waals surface area contributed by atoms with Gasteiger partial charge in [0.1, 0.15) is 0 Å². The van der Waals surface area contributed by atoms with Crippen LogP contribution >= 0.6 is 0 Å². The minimum Gasteiger partial charge on any atom is -0.311 e. The fourth-order valence-corrected chi connectivity index (χ4v) is 14.2. The molecule has 0 amide bonds. The van der Waals surface area contributed by atoms with Gasteiger partial charge in [0.05, 0.1) is 10.8 Å². The predicted molar refractivity (Wildman–Crippen MR) is 353 cm³/mol. The maximum absolute atomic E-state index is 2.56. The van der Waals surface area contributed by atoms with Crippen LogP contribution in [0.1, 0.15) is 50.1 Å². The van der Waals surface area contributed by atoms with Crippen LogP contribution in [0.5, 0.6) is 0 Å². The van der Waals surface area contributed by atoms with Gasteiger partial charge >= 0.3 is 0 Å². The van der Waals surface area contributed by atoms with E-state index in [1.54, 1.807) is 0 Å². The second-order valence-corrected chi connectivity index (χ2v) is 22.4. The highest BCUT2D eigenvalue weighted by Gasteiger charge is 2.45. The van der Waals surface area contributed by atoms with E-state index >= 15 is 0 Å². The summed E-state index contributed by atoms with van der Waals surface area (Å²) in [6, 6.07) is 126. The maximum Gasteiger partial charge on any atom is 0.252 e. The van der Waals surface area contributed by atoms with E-state index < -0.39 is 10.8 Å². The average Bonchev–Trinajstić information content (AvgIpc) is 1.09. The van der Waals surface area contributed by atoms with Crippen molar-refractivity contribution in [3.05, 3.63) is 390 Å². The summed E-state index contributed by atoms with van der Waals surface area (Å²) in [6.07, 6.45) is 0. The summed E-state index contributed by atoms with van der Waals surface area (Å²) in [5.41, 5.74) is 25.2. The molecule has 2 aliphatic rings. The van der Waals surface area contributed by atoms with Gasteiger partial charge in [0.25, 0.3) is 6.71 Å². The molecule has 0 aliphatic carbocycles. The summed E-state index contributed by atoms with van der Waals surface area (Å²) in [6.45, 7) is 2.20. The fraction of sp³-hybridized carbons (Fsp3) is 0.0370. The average molecular weight is 1070 g/mol. The molecule has 396 valence electrons. The zero-order valence-corrected chi connectivity index (χ0v) is 46.8. The Morgan fingerprint density at radius 1 is 0.238 bits per heavy atom. The van der Waals surface area contributed by atoms with Gasteiger partial charge in [-0.15, -0.1) is 0 Å². The van der Waals surface area contributed by atoms with Gasteiger partial charge in [0, 0.05) is 34.1 Å². The number of hydrogen-bond donors (Lipinski definition) is 0. The predicted octanol–water partition coefficient (Wildman–Crippen LogP) is 18.2. The second kappa shape index (κ2) is 21.1. The Bertz CT molecular complexity index is 3960. The summed E-state index contributed by atoms with van der Waals surface area (Å²) in [7, 11) is 0. The van der Waals surface area contributed by atoms with Crippen molar-refractivity contribution in [3.8, 4) is 22.3 Å². The van der Waals surface area contributed by atoms with Gasteiger partial charge in [-0.2, -0.15) is 0 Å². The van der Waals surface area contributed by atoms with Crippen LogP contribution in [0, 0.1) is 6.92 Å². The molecule has 0 saturated heterocycles. The van der Waals surface area contributed by atoms with E-state index in [1.165, 1.54) is 111 Å². The summed E-state index contributed by atoms with van der Waals surface area (Å²) in [5, 5.41) is 0. The first-order valence-electron chi connectivity index (χ1n) is 29.3. The van der Waals surface area contributed by atoms with Crippen LogP contribution in [-0.2, 0) is 10.8 Å². The van der Waals surface area contributed by atoms with Crippen LogP contribution in [0.2, 0.25) is 0 Å². The minimum atomic E-state index is -0.586. The third kappa shape index (κ3) is 8.26. The topological polar surface area (TPSA) is 6.48 Å². The molecule has 2 heterocycles. The van der Waals surface area contributed by atoms with Crippen molar-refractivity contribution in [2.24, 2.45) is 0 Å². The highest BCUT2D eigenvalue weighted by molar-refractivity contribution is 7.00. The Labute approximate surface area is 494 Å². The molecule has 84 heavy (non-hydrogen) atoms. The Hall–Kier alpha value is -10.5. The molecule has 0 saturated carbocycles. The molecule has 0 bridgehead atoms. The van der Waals surface area contributed by atoms with E-state index in [0.29, 0.717) is 0 Å². The van der Waals surface area contributed by atoms with Gasteiger partial charge < -0.3 is 9.80 Å². The third-order valence-electron chi connectivity index (χ3n) is 17.8. The lowest BCUT2D eigenvalue weighted by molar-refractivity contribution is 0.745. The number of hydrogen-bond acceptors (Lipinski definition) is 2. The monoisotopic (exact) mass is 1070 g/mol. The van der Waals surface area contributed by atoms with Crippen LogP contribution < -0.4 is 26.2 Å². The molecule has 3 heteroatoms. The molecule has 13 aromatic rings.